The van der Waals surface area contributed by atoms with E-state index in [2.05, 4.69) is 10.2 Å². The molecule has 0 unspecified atom stereocenters. The van der Waals surface area contributed by atoms with Gasteiger partial charge >= 0.3 is 5.97 Å². The molecule has 0 aliphatic heterocycles. The van der Waals surface area contributed by atoms with Gasteiger partial charge in [-0.25, -0.2) is 0 Å². The van der Waals surface area contributed by atoms with Crippen LogP contribution in [0.25, 0.3) is 0 Å². The molecule has 6 nitrogen and oxygen atoms in total. The van der Waals surface area contributed by atoms with Crippen molar-refractivity contribution in [3.05, 3.63) is 5.82 Å². The molecule has 96 valence electrons. The maximum atomic E-state index is 10.6. The molecule has 1 aromatic rings. The molecule has 1 aromatic heterocycles. The predicted octanol–water partition coefficient (Wildman–Crippen LogP) is 1.36. The molecular formula is C10H17N3O3S. The number of hydrogen-bond donors (Lipinski definition) is 1. The normalized spacial score (nSPS) is 11.8. The number of thioether (sulfide) groups is 1. The van der Waals surface area contributed by atoms with Crippen LogP contribution in [0.1, 0.15) is 26.6 Å². The molecule has 0 atom stereocenters. The molecule has 0 saturated carbocycles. The Hall–Kier alpha value is -1.08. The first-order chi connectivity index (χ1) is 7.86. The zero-order valence-corrected chi connectivity index (χ0v) is 11.2. The molecule has 1 rings (SSSR count). The van der Waals surface area contributed by atoms with E-state index in [-0.39, 0.29) is 11.3 Å². The van der Waals surface area contributed by atoms with Crippen LogP contribution in [-0.2, 0) is 21.7 Å². The Kier molecular flexibility index (Phi) is 4.53. The first kappa shape index (κ1) is 14.0. The molecule has 0 amide bonds. The summed E-state index contributed by atoms with van der Waals surface area (Å²) in [4.78, 5) is 10.6. The van der Waals surface area contributed by atoms with E-state index in [4.69, 9.17) is 9.84 Å². The third-order valence-corrected chi connectivity index (χ3v) is 2.88. The SMILES string of the molecule is COCc1nnc(SCC(=O)O)n1C(C)(C)C. The number of aromatic nitrogens is 3. The van der Waals surface area contributed by atoms with Gasteiger partial charge in [0, 0.05) is 12.6 Å². The first-order valence-corrected chi connectivity index (χ1v) is 6.13. The van der Waals surface area contributed by atoms with Crippen LogP contribution < -0.4 is 0 Å². The van der Waals surface area contributed by atoms with Crippen LogP contribution in [-0.4, -0.2) is 38.7 Å². The van der Waals surface area contributed by atoms with Gasteiger partial charge in [0.2, 0.25) is 0 Å². The van der Waals surface area contributed by atoms with E-state index in [9.17, 15) is 4.79 Å². The largest absolute Gasteiger partial charge is 0.481 e. The number of aliphatic carboxylic acids is 1. The van der Waals surface area contributed by atoms with Crippen LogP contribution in [0.5, 0.6) is 0 Å². The fraction of sp³-hybridized carbons (Fsp3) is 0.700. The molecule has 7 heteroatoms. The highest BCUT2D eigenvalue weighted by molar-refractivity contribution is 7.99. The molecule has 17 heavy (non-hydrogen) atoms. The highest BCUT2D eigenvalue weighted by Crippen LogP contribution is 2.25. The lowest BCUT2D eigenvalue weighted by Crippen LogP contribution is -2.25. The van der Waals surface area contributed by atoms with Crippen LogP contribution in [0, 0.1) is 0 Å². The van der Waals surface area contributed by atoms with Crippen LogP contribution in [0.15, 0.2) is 5.16 Å². The topological polar surface area (TPSA) is 77.2 Å². The summed E-state index contributed by atoms with van der Waals surface area (Å²) in [6.45, 7) is 6.40. The second kappa shape index (κ2) is 5.50. The van der Waals surface area contributed by atoms with Gasteiger partial charge in [0.05, 0.1) is 5.75 Å². The quantitative estimate of drug-likeness (QED) is 0.804. The summed E-state index contributed by atoms with van der Waals surface area (Å²) >= 11 is 1.16. The number of nitrogens with zero attached hydrogens (tertiary/aromatic N) is 3. The molecule has 0 aliphatic carbocycles. The number of methoxy groups -OCH3 is 1. The van der Waals surface area contributed by atoms with E-state index in [0.29, 0.717) is 17.6 Å². The summed E-state index contributed by atoms with van der Waals surface area (Å²) < 4.78 is 6.96. The highest BCUT2D eigenvalue weighted by Gasteiger charge is 2.23. The second-order valence-corrected chi connectivity index (χ2v) is 5.46. The molecule has 0 spiro atoms. The average molecular weight is 259 g/mol. The van der Waals surface area contributed by atoms with Gasteiger partial charge < -0.3 is 9.84 Å². The summed E-state index contributed by atoms with van der Waals surface area (Å²) in [6, 6.07) is 0. The fourth-order valence-electron chi connectivity index (χ4n) is 1.42. The predicted molar refractivity (Wildman–Crippen MR) is 64.1 cm³/mol. The van der Waals surface area contributed by atoms with E-state index in [1.54, 1.807) is 7.11 Å². The van der Waals surface area contributed by atoms with Crippen molar-refractivity contribution in [1.82, 2.24) is 14.8 Å². The van der Waals surface area contributed by atoms with Gasteiger partial charge in [0.1, 0.15) is 6.61 Å². The van der Waals surface area contributed by atoms with Gasteiger partial charge in [-0.05, 0) is 20.8 Å². The molecule has 0 aromatic carbocycles. The Morgan fingerprint density at radius 2 is 2.12 bits per heavy atom. The highest BCUT2D eigenvalue weighted by atomic mass is 32.2. The lowest BCUT2D eigenvalue weighted by molar-refractivity contribution is -0.133. The van der Waals surface area contributed by atoms with Crippen molar-refractivity contribution < 1.29 is 14.6 Å². The van der Waals surface area contributed by atoms with Crippen molar-refractivity contribution in [1.29, 1.82) is 0 Å². The van der Waals surface area contributed by atoms with Gasteiger partial charge in [-0.15, -0.1) is 10.2 Å². The van der Waals surface area contributed by atoms with Gasteiger partial charge in [-0.1, -0.05) is 11.8 Å². The lowest BCUT2D eigenvalue weighted by Gasteiger charge is -2.24. The Balaban J connectivity index is 3.00. The minimum atomic E-state index is -0.869. The number of rotatable bonds is 5. The van der Waals surface area contributed by atoms with E-state index in [1.807, 2.05) is 25.3 Å². The number of carbonyl (C=O) groups is 1. The van der Waals surface area contributed by atoms with Gasteiger partial charge in [0.25, 0.3) is 0 Å². The number of carboxylic acids is 1. The zero-order valence-electron chi connectivity index (χ0n) is 10.4. The third-order valence-electron chi connectivity index (χ3n) is 1.97. The van der Waals surface area contributed by atoms with E-state index in [0.717, 1.165) is 11.8 Å². The minimum Gasteiger partial charge on any atom is -0.481 e. The van der Waals surface area contributed by atoms with Crippen molar-refractivity contribution in [3.8, 4) is 0 Å². The smallest absolute Gasteiger partial charge is 0.313 e. The van der Waals surface area contributed by atoms with Gasteiger partial charge in [-0.3, -0.25) is 9.36 Å². The van der Waals surface area contributed by atoms with Crippen LogP contribution in [0.4, 0.5) is 0 Å². The Labute approximate surface area is 104 Å². The number of ether oxygens (including phenoxy) is 1. The lowest BCUT2D eigenvalue weighted by atomic mass is 10.1. The minimum absolute atomic E-state index is 0.0266. The summed E-state index contributed by atoms with van der Waals surface area (Å²) in [5, 5.41) is 17.3. The summed E-state index contributed by atoms with van der Waals surface area (Å²) in [5.74, 6) is -0.194. The molecule has 0 bridgehead atoms. The van der Waals surface area contributed by atoms with Crippen molar-refractivity contribution in [3.63, 3.8) is 0 Å². The van der Waals surface area contributed by atoms with Crippen molar-refractivity contribution >= 4 is 17.7 Å². The van der Waals surface area contributed by atoms with Gasteiger partial charge in [-0.2, -0.15) is 0 Å². The van der Waals surface area contributed by atoms with Gasteiger partial charge in [0.15, 0.2) is 11.0 Å². The average Bonchev–Trinajstić information content (AvgIpc) is 2.58. The molecule has 0 fully saturated rings. The van der Waals surface area contributed by atoms with Crippen LogP contribution >= 0.6 is 11.8 Å². The number of hydrogen-bond acceptors (Lipinski definition) is 5. The monoisotopic (exact) mass is 259 g/mol. The Bertz CT molecular complexity index is 398. The fourth-order valence-corrected chi connectivity index (χ4v) is 2.28. The molecule has 1 heterocycles. The molecule has 0 saturated heterocycles. The maximum absolute atomic E-state index is 10.6. The molecular weight excluding hydrogens is 242 g/mol. The summed E-state index contributed by atoms with van der Waals surface area (Å²) in [7, 11) is 1.59. The molecule has 1 N–H and O–H groups in total. The standard InChI is InChI=1S/C10H17N3O3S/c1-10(2,3)13-7(5-16-4)11-12-9(13)17-6-8(14)15/h5-6H2,1-4H3,(H,14,15). The first-order valence-electron chi connectivity index (χ1n) is 5.14. The van der Waals surface area contributed by atoms with E-state index < -0.39 is 5.97 Å². The second-order valence-electron chi connectivity index (χ2n) is 4.52. The Morgan fingerprint density at radius 3 is 2.59 bits per heavy atom. The molecule has 0 radical (unpaired) electrons. The van der Waals surface area contributed by atoms with Crippen LogP contribution in [0.3, 0.4) is 0 Å². The van der Waals surface area contributed by atoms with Crippen molar-refractivity contribution in [2.75, 3.05) is 12.9 Å². The van der Waals surface area contributed by atoms with Crippen molar-refractivity contribution in [2.24, 2.45) is 0 Å². The number of carboxylic acid groups (broad SMARTS) is 1. The summed E-state index contributed by atoms with van der Waals surface area (Å²) in [5.41, 5.74) is -0.210. The van der Waals surface area contributed by atoms with E-state index in [1.165, 1.54) is 0 Å². The van der Waals surface area contributed by atoms with Crippen molar-refractivity contribution in [2.45, 2.75) is 38.1 Å². The summed E-state index contributed by atoms with van der Waals surface area (Å²) in [6.07, 6.45) is 0. The third kappa shape index (κ3) is 3.71. The van der Waals surface area contributed by atoms with Crippen LogP contribution in [0.2, 0.25) is 0 Å². The Morgan fingerprint density at radius 1 is 1.47 bits per heavy atom. The van der Waals surface area contributed by atoms with E-state index >= 15 is 0 Å². The zero-order chi connectivity index (χ0) is 13.1. The maximum Gasteiger partial charge on any atom is 0.313 e. The molecule has 0 aliphatic rings.